The molecule has 0 aliphatic carbocycles. The van der Waals surface area contributed by atoms with Crippen LogP contribution in [0.5, 0.6) is 0 Å². The van der Waals surface area contributed by atoms with Gasteiger partial charge in [0.05, 0.1) is 0 Å². The van der Waals surface area contributed by atoms with E-state index in [0.717, 1.165) is 0 Å². The molecule has 0 saturated heterocycles. The van der Waals surface area contributed by atoms with E-state index in [4.69, 9.17) is 0 Å². The Balaban J connectivity index is 0.000000231. The topological polar surface area (TPSA) is 59.9 Å². The molecule has 0 amide bonds. The van der Waals surface area contributed by atoms with E-state index in [0.29, 0.717) is 21.3 Å². The summed E-state index contributed by atoms with van der Waals surface area (Å²) < 4.78 is 13.7. The van der Waals surface area contributed by atoms with Gasteiger partial charge in [-0.3, -0.25) is 9.59 Å². The summed E-state index contributed by atoms with van der Waals surface area (Å²) in [6.45, 7) is 3.02. The highest BCUT2D eigenvalue weighted by Gasteiger charge is 2.14. The van der Waals surface area contributed by atoms with Crippen molar-refractivity contribution in [2.75, 3.05) is 0 Å². The Morgan fingerprint density at radius 3 is 1.96 bits per heavy atom. The van der Waals surface area contributed by atoms with Gasteiger partial charge in [0.2, 0.25) is 5.78 Å². The molecule has 2 heterocycles. The van der Waals surface area contributed by atoms with Crippen molar-refractivity contribution < 1.29 is 14.0 Å². The zero-order valence-electron chi connectivity index (χ0n) is 12.6. The van der Waals surface area contributed by atoms with Crippen molar-refractivity contribution in [1.29, 1.82) is 0 Å². The summed E-state index contributed by atoms with van der Waals surface area (Å²) in [6, 6.07) is 10.1. The SMILES string of the molecule is CC(F)C(=O)c1cccc(Br)n1.CCC(=O)c1cccc(Br)n1. The molecular formula is C16H15Br2FN2O2. The molecule has 23 heavy (non-hydrogen) atoms. The molecule has 0 spiro atoms. The Morgan fingerprint density at radius 1 is 1.04 bits per heavy atom. The summed E-state index contributed by atoms with van der Waals surface area (Å²) in [5.74, 6) is -0.511. The molecule has 0 fully saturated rings. The standard InChI is InChI=1S/C8H7BrFNO.C8H8BrNO/c1-5(10)8(12)6-3-2-4-7(9)11-6;1-2-7(11)6-4-3-5-8(9)10-6/h2-5H,1H3;3-5H,2H2,1H3. The fourth-order valence-electron chi connectivity index (χ4n) is 1.49. The number of hydrogen-bond donors (Lipinski definition) is 0. The third-order valence-electron chi connectivity index (χ3n) is 2.65. The van der Waals surface area contributed by atoms with Crippen molar-refractivity contribution in [2.45, 2.75) is 26.4 Å². The number of Topliss-reactive ketones (excluding diaryl/α,β-unsaturated/α-hetero) is 2. The lowest BCUT2D eigenvalue weighted by Crippen LogP contribution is -2.13. The number of hydrogen-bond acceptors (Lipinski definition) is 4. The van der Waals surface area contributed by atoms with E-state index in [-0.39, 0.29) is 11.5 Å². The predicted octanol–water partition coefficient (Wildman–Crippen LogP) is 4.82. The molecule has 0 aromatic carbocycles. The maximum Gasteiger partial charge on any atom is 0.214 e. The Labute approximate surface area is 150 Å². The summed E-state index contributed by atoms with van der Waals surface area (Å²) in [5.41, 5.74) is 0.682. The van der Waals surface area contributed by atoms with Gasteiger partial charge in [-0.1, -0.05) is 19.1 Å². The van der Waals surface area contributed by atoms with Crippen LogP contribution in [0.4, 0.5) is 4.39 Å². The molecule has 1 atom stereocenters. The number of ketones is 2. The first-order chi connectivity index (χ1) is 10.8. The van der Waals surface area contributed by atoms with Gasteiger partial charge in [0.1, 0.15) is 20.6 Å². The van der Waals surface area contributed by atoms with Crippen LogP contribution in [0, 0.1) is 0 Å². The number of alkyl halides is 1. The van der Waals surface area contributed by atoms with Crippen LogP contribution in [0.25, 0.3) is 0 Å². The monoisotopic (exact) mass is 444 g/mol. The lowest BCUT2D eigenvalue weighted by atomic mass is 10.2. The first kappa shape index (κ1) is 19.6. The first-order valence-electron chi connectivity index (χ1n) is 6.81. The number of aromatic nitrogens is 2. The minimum absolute atomic E-state index is 0.0753. The van der Waals surface area contributed by atoms with Gasteiger partial charge in [-0.25, -0.2) is 14.4 Å². The normalized spacial score (nSPS) is 11.2. The fraction of sp³-hybridized carbons (Fsp3) is 0.250. The van der Waals surface area contributed by atoms with Crippen LogP contribution in [0.3, 0.4) is 0 Å². The van der Waals surface area contributed by atoms with Crippen LogP contribution in [0.1, 0.15) is 41.2 Å². The van der Waals surface area contributed by atoms with Crippen molar-refractivity contribution in [3.8, 4) is 0 Å². The van der Waals surface area contributed by atoms with Crippen LogP contribution in [0.15, 0.2) is 45.6 Å². The summed E-state index contributed by atoms with van der Waals surface area (Å²) in [4.78, 5) is 30.0. The van der Waals surface area contributed by atoms with Gasteiger partial charge in [-0.05, 0) is 63.0 Å². The van der Waals surface area contributed by atoms with Gasteiger partial charge in [-0.15, -0.1) is 0 Å². The van der Waals surface area contributed by atoms with Gasteiger partial charge in [0, 0.05) is 6.42 Å². The number of halogens is 3. The summed E-state index contributed by atoms with van der Waals surface area (Å²) >= 11 is 6.29. The second kappa shape index (κ2) is 9.62. The zero-order valence-corrected chi connectivity index (χ0v) is 15.8. The van der Waals surface area contributed by atoms with Crippen LogP contribution < -0.4 is 0 Å². The molecular weight excluding hydrogens is 431 g/mol. The Bertz CT molecular complexity index is 693. The van der Waals surface area contributed by atoms with Crippen LogP contribution in [-0.4, -0.2) is 27.7 Å². The van der Waals surface area contributed by atoms with Crippen molar-refractivity contribution in [3.63, 3.8) is 0 Å². The highest BCUT2D eigenvalue weighted by Crippen LogP contribution is 2.09. The molecule has 0 aliphatic heterocycles. The lowest BCUT2D eigenvalue weighted by molar-refractivity contribution is 0.0887. The largest absolute Gasteiger partial charge is 0.292 e. The van der Waals surface area contributed by atoms with E-state index in [1.807, 2.05) is 6.92 Å². The van der Waals surface area contributed by atoms with Gasteiger partial charge in [-0.2, -0.15) is 0 Å². The van der Waals surface area contributed by atoms with Gasteiger partial charge in [0.15, 0.2) is 12.0 Å². The number of pyridine rings is 2. The summed E-state index contributed by atoms with van der Waals surface area (Å²) in [6.07, 6.45) is -0.990. The second-order valence-electron chi connectivity index (χ2n) is 4.45. The molecule has 4 nitrogen and oxygen atoms in total. The van der Waals surface area contributed by atoms with Crippen molar-refractivity contribution in [2.24, 2.45) is 0 Å². The number of nitrogens with zero attached hydrogens (tertiary/aromatic N) is 2. The molecule has 0 bridgehead atoms. The molecule has 1 unspecified atom stereocenters. The third-order valence-corrected chi connectivity index (χ3v) is 3.53. The van der Waals surface area contributed by atoms with E-state index < -0.39 is 12.0 Å². The highest BCUT2D eigenvalue weighted by molar-refractivity contribution is 9.10. The van der Waals surface area contributed by atoms with E-state index >= 15 is 0 Å². The zero-order chi connectivity index (χ0) is 17.4. The third kappa shape index (κ3) is 6.66. The number of carbonyl (C=O) groups is 2. The van der Waals surface area contributed by atoms with E-state index in [2.05, 4.69) is 41.8 Å². The second-order valence-corrected chi connectivity index (χ2v) is 6.07. The molecule has 2 aromatic rings. The number of carbonyl (C=O) groups excluding carboxylic acids is 2. The van der Waals surface area contributed by atoms with Crippen molar-refractivity contribution in [3.05, 3.63) is 57.0 Å². The molecule has 0 N–H and O–H groups in total. The minimum Gasteiger partial charge on any atom is -0.292 e. The first-order valence-corrected chi connectivity index (χ1v) is 8.40. The molecule has 0 radical (unpaired) electrons. The van der Waals surface area contributed by atoms with Crippen molar-refractivity contribution in [1.82, 2.24) is 9.97 Å². The average Bonchev–Trinajstić information content (AvgIpc) is 2.54. The fourth-order valence-corrected chi connectivity index (χ4v) is 2.18. The van der Waals surface area contributed by atoms with Gasteiger partial charge in [0.25, 0.3) is 0 Å². The van der Waals surface area contributed by atoms with Gasteiger partial charge < -0.3 is 0 Å². The Hall–Kier alpha value is -1.47. The highest BCUT2D eigenvalue weighted by atomic mass is 79.9. The average molecular weight is 446 g/mol. The van der Waals surface area contributed by atoms with Crippen molar-refractivity contribution >= 4 is 43.4 Å². The summed E-state index contributed by atoms with van der Waals surface area (Å²) in [7, 11) is 0. The molecule has 122 valence electrons. The predicted molar refractivity (Wildman–Crippen MR) is 93.4 cm³/mol. The molecule has 0 aliphatic rings. The number of rotatable bonds is 4. The Morgan fingerprint density at radius 2 is 1.52 bits per heavy atom. The molecule has 2 rings (SSSR count). The molecule has 7 heteroatoms. The van der Waals surface area contributed by atoms with Crippen LogP contribution in [0.2, 0.25) is 0 Å². The van der Waals surface area contributed by atoms with Gasteiger partial charge >= 0.3 is 0 Å². The van der Waals surface area contributed by atoms with Crippen LogP contribution in [-0.2, 0) is 0 Å². The molecule has 2 aromatic heterocycles. The van der Waals surface area contributed by atoms with E-state index in [1.54, 1.807) is 30.3 Å². The quantitative estimate of drug-likeness (QED) is 0.499. The maximum absolute atomic E-state index is 12.5. The molecule has 0 saturated carbocycles. The maximum atomic E-state index is 12.5. The lowest BCUT2D eigenvalue weighted by Gasteiger charge is -1.99. The van der Waals surface area contributed by atoms with Crippen LogP contribution >= 0.6 is 31.9 Å². The Kier molecular flexibility index (Phi) is 8.19. The summed E-state index contributed by atoms with van der Waals surface area (Å²) in [5, 5.41) is 0. The smallest absolute Gasteiger partial charge is 0.214 e. The minimum atomic E-state index is -1.49. The van der Waals surface area contributed by atoms with E-state index in [1.165, 1.54) is 13.0 Å². The van der Waals surface area contributed by atoms with E-state index in [9.17, 15) is 14.0 Å².